The number of nitrogens with zero attached hydrogens (tertiary/aromatic N) is 4. The standard InChI is InChI=1S/C24H29N5O2S/c1-3-18-9-8-10-19(4-2)22(18)25-21(30)17-32-24-27-26-23(28-13-15-31-16-14-28)29(24)20-11-6-5-7-12-20/h5-12H,3-4,13-17H2,1-2H3,(H,25,30). The number of anilines is 2. The summed E-state index contributed by atoms with van der Waals surface area (Å²) in [5.41, 5.74) is 4.24. The summed E-state index contributed by atoms with van der Waals surface area (Å²) in [5, 5.41) is 12.7. The molecular formula is C24H29N5O2S. The maximum Gasteiger partial charge on any atom is 0.234 e. The normalized spacial score (nSPS) is 13.9. The minimum absolute atomic E-state index is 0.0406. The molecule has 0 unspecified atom stereocenters. The second-order valence-corrected chi connectivity index (χ2v) is 8.49. The van der Waals surface area contributed by atoms with Crippen molar-refractivity contribution in [3.8, 4) is 5.69 Å². The SMILES string of the molecule is CCc1cccc(CC)c1NC(=O)CSc1nnc(N2CCOCC2)n1-c1ccccc1. The molecular weight excluding hydrogens is 422 g/mol. The number of aromatic nitrogens is 3. The van der Waals surface area contributed by atoms with E-state index < -0.39 is 0 Å². The molecule has 0 aliphatic carbocycles. The Balaban J connectivity index is 1.54. The van der Waals surface area contributed by atoms with Crippen LogP contribution in [0.1, 0.15) is 25.0 Å². The number of rotatable bonds is 8. The molecule has 168 valence electrons. The lowest BCUT2D eigenvalue weighted by Gasteiger charge is -2.27. The van der Waals surface area contributed by atoms with Crippen LogP contribution in [-0.4, -0.2) is 52.7 Å². The van der Waals surface area contributed by atoms with Crippen LogP contribution in [0.2, 0.25) is 0 Å². The highest BCUT2D eigenvalue weighted by atomic mass is 32.2. The van der Waals surface area contributed by atoms with Crippen LogP contribution in [0.5, 0.6) is 0 Å². The van der Waals surface area contributed by atoms with Crippen LogP contribution < -0.4 is 10.2 Å². The summed E-state index contributed by atoms with van der Waals surface area (Å²) in [5.74, 6) is 1.00. The van der Waals surface area contributed by atoms with Gasteiger partial charge < -0.3 is 15.0 Å². The lowest BCUT2D eigenvalue weighted by Crippen LogP contribution is -2.37. The van der Waals surface area contributed by atoms with Gasteiger partial charge >= 0.3 is 0 Å². The summed E-state index contributed by atoms with van der Waals surface area (Å²) < 4.78 is 7.52. The molecule has 3 aromatic rings. The molecule has 1 aromatic heterocycles. The Labute approximate surface area is 193 Å². The third kappa shape index (κ3) is 4.97. The molecule has 0 radical (unpaired) electrons. The van der Waals surface area contributed by atoms with E-state index in [0.717, 1.165) is 54.4 Å². The van der Waals surface area contributed by atoms with Crippen molar-refractivity contribution in [2.24, 2.45) is 0 Å². The summed E-state index contributed by atoms with van der Waals surface area (Å²) >= 11 is 1.40. The van der Waals surface area contributed by atoms with Gasteiger partial charge in [0.25, 0.3) is 0 Å². The Morgan fingerprint density at radius 3 is 2.34 bits per heavy atom. The van der Waals surface area contributed by atoms with E-state index in [1.165, 1.54) is 11.8 Å². The van der Waals surface area contributed by atoms with E-state index in [9.17, 15) is 4.79 Å². The molecule has 1 N–H and O–H groups in total. The fourth-order valence-electron chi connectivity index (χ4n) is 3.84. The van der Waals surface area contributed by atoms with E-state index in [1.54, 1.807) is 0 Å². The minimum Gasteiger partial charge on any atom is -0.378 e. The van der Waals surface area contributed by atoms with Crippen molar-refractivity contribution < 1.29 is 9.53 Å². The van der Waals surface area contributed by atoms with E-state index >= 15 is 0 Å². The Morgan fingerprint density at radius 2 is 1.69 bits per heavy atom. The average Bonchev–Trinajstić information content (AvgIpc) is 3.28. The highest BCUT2D eigenvalue weighted by Crippen LogP contribution is 2.28. The number of ether oxygens (including phenoxy) is 1. The number of hydrogen-bond donors (Lipinski definition) is 1. The summed E-state index contributed by atoms with van der Waals surface area (Å²) in [4.78, 5) is 15.0. The topological polar surface area (TPSA) is 72.3 Å². The number of amides is 1. The zero-order chi connectivity index (χ0) is 22.3. The highest BCUT2D eigenvalue weighted by molar-refractivity contribution is 7.99. The largest absolute Gasteiger partial charge is 0.378 e. The van der Waals surface area contributed by atoms with Crippen LogP contribution >= 0.6 is 11.8 Å². The summed E-state index contributed by atoms with van der Waals surface area (Å²) in [7, 11) is 0. The van der Waals surface area contributed by atoms with Crippen molar-refractivity contribution in [1.82, 2.24) is 14.8 Å². The first-order chi connectivity index (χ1) is 15.7. The summed E-state index contributed by atoms with van der Waals surface area (Å²) in [6, 6.07) is 16.2. The first kappa shape index (κ1) is 22.4. The smallest absolute Gasteiger partial charge is 0.234 e. The maximum atomic E-state index is 12.9. The Hall–Kier alpha value is -2.84. The number of nitrogens with one attached hydrogen (secondary N) is 1. The third-order valence-electron chi connectivity index (χ3n) is 5.52. The van der Waals surface area contributed by atoms with Crippen molar-refractivity contribution in [2.45, 2.75) is 31.8 Å². The first-order valence-electron chi connectivity index (χ1n) is 11.1. The molecule has 1 fully saturated rings. The molecule has 4 rings (SSSR count). The Kier molecular flexibility index (Phi) is 7.44. The minimum atomic E-state index is -0.0406. The van der Waals surface area contributed by atoms with Crippen molar-refractivity contribution >= 4 is 29.3 Å². The molecule has 1 aliphatic rings. The van der Waals surface area contributed by atoms with Gasteiger partial charge in [-0.25, -0.2) is 0 Å². The lowest BCUT2D eigenvalue weighted by molar-refractivity contribution is -0.113. The van der Waals surface area contributed by atoms with Crippen molar-refractivity contribution in [1.29, 1.82) is 0 Å². The van der Waals surface area contributed by atoms with E-state index in [1.807, 2.05) is 34.9 Å². The number of morpholine rings is 1. The van der Waals surface area contributed by atoms with E-state index in [2.05, 4.69) is 52.5 Å². The average molecular weight is 452 g/mol. The third-order valence-corrected chi connectivity index (χ3v) is 6.45. The number of hydrogen-bond acceptors (Lipinski definition) is 6. The number of carbonyl (C=O) groups excluding carboxylic acids is 1. The zero-order valence-corrected chi connectivity index (χ0v) is 19.4. The van der Waals surface area contributed by atoms with Gasteiger partial charge in [0.2, 0.25) is 11.9 Å². The van der Waals surface area contributed by atoms with Gasteiger partial charge in [-0.15, -0.1) is 10.2 Å². The maximum absolute atomic E-state index is 12.9. The second-order valence-electron chi connectivity index (χ2n) is 7.55. The van der Waals surface area contributed by atoms with Gasteiger partial charge in [-0.05, 0) is 36.1 Å². The first-order valence-corrected chi connectivity index (χ1v) is 12.1. The van der Waals surface area contributed by atoms with Gasteiger partial charge in [0.05, 0.1) is 24.7 Å². The number of para-hydroxylation sites is 2. The molecule has 0 bridgehead atoms. The van der Waals surface area contributed by atoms with E-state index in [0.29, 0.717) is 18.4 Å². The number of thioether (sulfide) groups is 1. The molecule has 0 spiro atoms. The second kappa shape index (κ2) is 10.7. The molecule has 7 nitrogen and oxygen atoms in total. The van der Waals surface area contributed by atoms with Gasteiger partial charge in [-0.3, -0.25) is 9.36 Å². The molecule has 2 heterocycles. The number of carbonyl (C=O) groups is 1. The van der Waals surface area contributed by atoms with Crippen molar-refractivity contribution in [2.75, 3.05) is 42.3 Å². The predicted octanol–water partition coefficient (Wildman–Crippen LogP) is 3.96. The van der Waals surface area contributed by atoms with Crippen LogP contribution in [0.25, 0.3) is 5.69 Å². The number of benzene rings is 2. The van der Waals surface area contributed by atoms with Gasteiger partial charge in [-0.1, -0.05) is 62.0 Å². The van der Waals surface area contributed by atoms with Crippen LogP contribution in [0.15, 0.2) is 53.7 Å². The van der Waals surface area contributed by atoms with Crippen LogP contribution in [0.3, 0.4) is 0 Å². The number of aryl methyl sites for hydroxylation is 2. The summed E-state index contributed by atoms with van der Waals surface area (Å²) in [6.07, 6.45) is 1.75. The summed E-state index contributed by atoms with van der Waals surface area (Å²) in [6.45, 7) is 7.09. The molecule has 1 aliphatic heterocycles. The van der Waals surface area contributed by atoms with Crippen LogP contribution in [0.4, 0.5) is 11.6 Å². The lowest BCUT2D eigenvalue weighted by atomic mass is 10.0. The van der Waals surface area contributed by atoms with E-state index in [4.69, 9.17) is 4.74 Å². The van der Waals surface area contributed by atoms with Gasteiger partial charge in [0.15, 0.2) is 5.16 Å². The highest BCUT2D eigenvalue weighted by Gasteiger charge is 2.22. The molecule has 1 saturated heterocycles. The van der Waals surface area contributed by atoms with Gasteiger partial charge in [-0.2, -0.15) is 0 Å². The quantitative estimate of drug-likeness (QED) is 0.523. The van der Waals surface area contributed by atoms with Gasteiger partial charge in [0, 0.05) is 18.8 Å². The monoisotopic (exact) mass is 451 g/mol. The molecule has 32 heavy (non-hydrogen) atoms. The molecule has 0 atom stereocenters. The fourth-order valence-corrected chi connectivity index (χ4v) is 4.58. The molecule has 0 saturated carbocycles. The predicted molar refractivity (Wildman–Crippen MR) is 129 cm³/mol. The van der Waals surface area contributed by atoms with Crippen molar-refractivity contribution in [3.05, 3.63) is 59.7 Å². The Bertz CT molecular complexity index is 1030. The van der Waals surface area contributed by atoms with Crippen LogP contribution in [0, 0.1) is 0 Å². The van der Waals surface area contributed by atoms with Crippen LogP contribution in [-0.2, 0) is 22.4 Å². The molecule has 8 heteroatoms. The fraction of sp³-hybridized carbons (Fsp3) is 0.375. The van der Waals surface area contributed by atoms with Crippen molar-refractivity contribution in [3.63, 3.8) is 0 Å². The Morgan fingerprint density at radius 1 is 1.00 bits per heavy atom. The van der Waals surface area contributed by atoms with E-state index in [-0.39, 0.29) is 11.7 Å². The van der Waals surface area contributed by atoms with Gasteiger partial charge in [0.1, 0.15) is 0 Å². The zero-order valence-electron chi connectivity index (χ0n) is 18.6. The molecule has 1 amide bonds. The molecule has 2 aromatic carbocycles.